The van der Waals surface area contributed by atoms with E-state index in [-0.39, 0.29) is 0 Å². The standard InChI is InChI=1S/C15H31N3/c1-17(2)15(9-6-10-15)13-18(3)12-14(11-16)7-4-5-8-14/h4-13,16H2,1-3H3. The predicted octanol–water partition coefficient (Wildman–Crippen LogP) is 1.92. The van der Waals surface area contributed by atoms with Crippen LogP contribution in [0.3, 0.4) is 0 Å². The normalized spacial score (nSPS) is 25.7. The van der Waals surface area contributed by atoms with Crippen molar-refractivity contribution in [2.75, 3.05) is 40.8 Å². The van der Waals surface area contributed by atoms with Crippen LogP contribution in [0.4, 0.5) is 0 Å². The Balaban J connectivity index is 1.89. The van der Waals surface area contributed by atoms with Crippen molar-refractivity contribution in [1.82, 2.24) is 9.80 Å². The van der Waals surface area contributed by atoms with Crippen LogP contribution in [-0.4, -0.2) is 56.1 Å². The summed E-state index contributed by atoms with van der Waals surface area (Å²) in [5, 5.41) is 0. The molecule has 2 aliphatic carbocycles. The minimum atomic E-state index is 0.423. The molecule has 0 amide bonds. The molecular formula is C15H31N3. The van der Waals surface area contributed by atoms with E-state index in [1.807, 2.05) is 0 Å². The number of nitrogens with zero attached hydrogens (tertiary/aromatic N) is 2. The predicted molar refractivity (Wildman–Crippen MR) is 77.7 cm³/mol. The van der Waals surface area contributed by atoms with Crippen molar-refractivity contribution in [3.63, 3.8) is 0 Å². The molecule has 2 fully saturated rings. The highest BCUT2D eigenvalue weighted by Gasteiger charge is 2.41. The average molecular weight is 253 g/mol. The Morgan fingerprint density at radius 1 is 0.889 bits per heavy atom. The Labute approximate surface area is 113 Å². The van der Waals surface area contributed by atoms with Crippen LogP contribution in [0.15, 0.2) is 0 Å². The van der Waals surface area contributed by atoms with Crippen LogP contribution in [0.1, 0.15) is 44.9 Å². The minimum absolute atomic E-state index is 0.423. The van der Waals surface area contributed by atoms with Crippen LogP contribution < -0.4 is 5.73 Å². The summed E-state index contributed by atoms with van der Waals surface area (Å²) in [7, 11) is 6.77. The van der Waals surface area contributed by atoms with Crippen molar-refractivity contribution >= 4 is 0 Å². The molecule has 106 valence electrons. The van der Waals surface area contributed by atoms with E-state index in [2.05, 4.69) is 30.9 Å². The summed E-state index contributed by atoms with van der Waals surface area (Å²) in [6.45, 7) is 3.27. The smallest absolute Gasteiger partial charge is 0.0330 e. The summed E-state index contributed by atoms with van der Waals surface area (Å²) >= 11 is 0. The zero-order valence-electron chi connectivity index (χ0n) is 12.5. The van der Waals surface area contributed by atoms with Crippen molar-refractivity contribution in [2.45, 2.75) is 50.5 Å². The molecule has 0 saturated heterocycles. The molecule has 0 aliphatic heterocycles. The Morgan fingerprint density at radius 2 is 1.50 bits per heavy atom. The molecule has 2 saturated carbocycles. The molecule has 0 aromatic carbocycles. The molecule has 2 aliphatic rings. The topological polar surface area (TPSA) is 32.5 Å². The second-order valence-electron chi connectivity index (χ2n) is 7.06. The minimum Gasteiger partial charge on any atom is -0.330 e. The quantitative estimate of drug-likeness (QED) is 0.785. The molecule has 0 heterocycles. The van der Waals surface area contributed by atoms with Crippen LogP contribution in [0, 0.1) is 5.41 Å². The van der Waals surface area contributed by atoms with E-state index in [0.717, 1.165) is 6.54 Å². The molecule has 2 rings (SSSR count). The Hall–Kier alpha value is -0.120. The van der Waals surface area contributed by atoms with E-state index in [0.29, 0.717) is 11.0 Å². The number of nitrogens with two attached hydrogens (primary N) is 1. The number of rotatable bonds is 6. The van der Waals surface area contributed by atoms with E-state index >= 15 is 0 Å². The summed E-state index contributed by atoms with van der Waals surface area (Å²) < 4.78 is 0. The molecular weight excluding hydrogens is 222 g/mol. The summed E-state index contributed by atoms with van der Waals surface area (Å²) in [6, 6.07) is 0. The molecule has 0 aromatic rings. The van der Waals surface area contributed by atoms with Crippen LogP contribution in [-0.2, 0) is 0 Å². The maximum Gasteiger partial charge on any atom is 0.0330 e. The average Bonchev–Trinajstić information content (AvgIpc) is 2.72. The van der Waals surface area contributed by atoms with Gasteiger partial charge in [0.2, 0.25) is 0 Å². The van der Waals surface area contributed by atoms with E-state index in [4.69, 9.17) is 5.73 Å². The summed E-state index contributed by atoms with van der Waals surface area (Å²) in [5.41, 5.74) is 6.92. The maximum absolute atomic E-state index is 6.05. The monoisotopic (exact) mass is 253 g/mol. The zero-order chi connectivity index (χ0) is 13.2. The summed E-state index contributed by atoms with van der Waals surface area (Å²) in [5.74, 6) is 0. The van der Waals surface area contributed by atoms with Gasteiger partial charge in [0.1, 0.15) is 0 Å². The van der Waals surface area contributed by atoms with E-state index < -0.39 is 0 Å². The lowest BCUT2D eigenvalue weighted by Gasteiger charge is -2.50. The van der Waals surface area contributed by atoms with Crippen LogP contribution >= 0.6 is 0 Å². The fraction of sp³-hybridized carbons (Fsp3) is 1.00. The molecule has 0 unspecified atom stereocenters. The van der Waals surface area contributed by atoms with Crippen LogP contribution in [0.2, 0.25) is 0 Å². The number of hydrogen-bond donors (Lipinski definition) is 1. The first-order valence-electron chi connectivity index (χ1n) is 7.58. The van der Waals surface area contributed by atoms with E-state index in [1.54, 1.807) is 0 Å². The van der Waals surface area contributed by atoms with Crippen molar-refractivity contribution in [1.29, 1.82) is 0 Å². The van der Waals surface area contributed by atoms with Crippen molar-refractivity contribution in [3.8, 4) is 0 Å². The highest BCUT2D eigenvalue weighted by molar-refractivity contribution is 4.99. The van der Waals surface area contributed by atoms with Gasteiger partial charge in [-0.05, 0) is 65.2 Å². The van der Waals surface area contributed by atoms with Gasteiger partial charge >= 0.3 is 0 Å². The lowest BCUT2D eigenvalue weighted by atomic mass is 9.75. The first-order chi connectivity index (χ1) is 8.52. The van der Waals surface area contributed by atoms with E-state index in [9.17, 15) is 0 Å². The first-order valence-corrected chi connectivity index (χ1v) is 7.58. The summed E-state index contributed by atoms with van der Waals surface area (Å²) in [4.78, 5) is 4.99. The Kier molecular flexibility index (Phi) is 4.35. The van der Waals surface area contributed by atoms with Gasteiger partial charge in [0, 0.05) is 18.6 Å². The molecule has 0 radical (unpaired) electrons. The SMILES string of the molecule is CN(CC1(CN)CCCC1)CC1(N(C)C)CCC1. The molecule has 2 N–H and O–H groups in total. The number of likely N-dealkylation sites (N-methyl/N-ethyl adjacent to an activating group) is 2. The fourth-order valence-corrected chi connectivity index (χ4v) is 4.01. The lowest BCUT2D eigenvalue weighted by Crippen LogP contribution is -2.57. The molecule has 0 spiro atoms. The van der Waals surface area contributed by atoms with Crippen molar-refractivity contribution in [3.05, 3.63) is 0 Å². The molecule has 18 heavy (non-hydrogen) atoms. The Bertz CT molecular complexity index is 258. The summed E-state index contributed by atoms with van der Waals surface area (Å²) in [6.07, 6.45) is 9.55. The Morgan fingerprint density at radius 3 is 1.89 bits per heavy atom. The van der Waals surface area contributed by atoms with Gasteiger partial charge in [0.05, 0.1) is 0 Å². The van der Waals surface area contributed by atoms with Gasteiger partial charge in [-0.15, -0.1) is 0 Å². The third-order valence-electron chi connectivity index (χ3n) is 5.50. The highest BCUT2D eigenvalue weighted by atomic mass is 15.2. The van der Waals surface area contributed by atoms with Crippen LogP contribution in [0.5, 0.6) is 0 Å². The van der Waals surface area contributed by atoms with E-state index in [1.165, 1.54) is 58.0 Å². The van der Waals surface area contributed by atoms with Gasteiger partial charge in [0.25, 0.3) is 0 Å². The lowest BCUT2D eigenvalue weighted by molar-refractivity contribution is 0.0168. The van der Waals surface area contributed by atoms with Gasteiger partial charge in [-0.2, -0.15) is 0 Å². The van der Waals surface area contributed by atoms with Crippen molar-refractivity contribution in [2.24, 2.45) is 11.1 Å². The molecule has 0 aromatic heterocycles. The first kappa shape index (κ1) is 14.3. The molecule has 0 bridgehead atoms. The zero-order valence-corrected chi connectivity index (χ0v) is 12.5. The van der Waals surface area contributed by atoms with Crippen LogP contribution in [0.25, 0.3) is 0 Å². The highest BCUT2D eigenvalue weighted by Crippen LogP contribution is 2.40. The second-order valence-corrected chi connectivity index (χ2v) is 7.06. The molecule has 3 heteroatoms. The van der Waals surface area contributed by atoms with Gasteiger partial charge in [-0.25, -0.2) is 0 Å². The molecule has 3 nitrogen and oxygen atoms in total. The number of hydrogen-bond acceptors (Lipinski definition) is 3. The fourth-order valence-electron chi connectivity index (χ4n) is 4.01. The third kappa shape index (κ3) is 2.73. The maximum atomic E-state index is 6.05. The van der Waals surface area contributed by atoms with Gasteiger partial charge < -0.3 is 15.5 Å². The second kappa shape index (κ2) is 5.48. The molecule has 0 atom stereocenters. The van der Waals surface area contributed by atoms with Gasteiger partial charge in [0.15, 0.2) is 0 Å². The third-order valence-corrected chi connectivity index (χ3v) is 5.50. The van der Waals surface area contributed by atoms with Gasteiger partial charge in [-0.1, -0.05) is 12.8 Å². The van der Waals surface area contributed by atoms with Gasteiger partial charge in [-0.3, -0.25) is 0 Å². The van der Waals surface area contributed by atoms with Crippen molar-refractivity contribution < 1.29 is 0 Å². The largest absolute Gasteiger partial charge is 0.330 e.